The van der Waals surface area contributed by atoms with E-state index < -0.39 is 17.8 Å². The number of alkyl halides is 3. The quantitative estimate of drug-likeness (QED) is 0.259. The molecule has 202 valence electrons. The highest BCUT2D eigenvalue weighted by Crippen LogP contribution is 2.38. The molecule has 1 atom stereocenters. The molecule has 1 amide bonds. The number of nitrogens with two attached hydrogens (primary N) is 1. The Kier molecular flexibility index (Phi) is 7.38. The van der Waals surface area contributed by atoms with Crippen LogP contribution in [-0.4, -0.2) is 20.7 Å². The first-order valence-corrected chi connectivity index (χ1v) is 12.8. The predicted octanol–water partition coefficient (Wildman–Crippen LogP) is 5.61. The first-order chi connectivity index (χ1) is 18.7. The molecule has 1 aliphatic rings. The number of carbonyl (C=O) groups is 1. The number of rotatable bonds is 9. The van der Waals surface area contributed by atoms with Gasteiger partial charge >= 0.3 is 6.18 Å². The second-order valence-corrected chi connectivity index (χ2v) is 9.81. The first-order valence-electron chi connectivity index (χ1n) is 12.8. The lowest BCUT2D eigenvalue weighted by atomic mass is 9.87. The maximum absolute atomic E-state index is 13.5. The third-order valence-electron chi connectivity index (χ3n) is 6.95. The molecular weight excluding hydrogens is 507 g/mol. The number of hydrogen-bond donors (Lipinski definition) is 3. The lowest BCUT2D eigenvalue weighted by molar-refractivity contribution is -0.141. The summed E-state index contributed by atoms with van der Waals surface area (Å²) in [5.41, 5.74) is 6.92. The Balaban J connectivity index is 1.46. The Hall–Kier alpha value is -4.18. The standard InChI is InChI=1S/C29H28F3N5O2/c30-29(31,32)26-16-25(37(36-26)22-7-1-4-19(14-22)17-33)28(39)35-21-6-2-5-20(15-21)23(12-11-18-9-10-18)24-8-3-13-34-27(24)38/h1-8,13-16,18,23H,9-12,17,33H2,(H,34,38)(H,35,39). The molecule has 1 aliphatic carbocycles. The number of H-pyrrole nitrogens is 1. The molecule has 1 fully saturated rings. The van der Waals surface area contributed by atoms with Gasteiger partial charge in [-0.25, -0.2) is 4.68 Å². The summed E-state index contributed by atoms with van der Waals surface area (Å²) in [6.07, 6.45) is 0.988. The van der Waals surface area contributed by atoms with Crippen molar-refractivity contribution in [3.8, 4) is 5.69 Å². The van der Waals surface area contributed by atoms with Crippen LogP contribution in [0.1, 0.15) is 64.5 Å². The van der Waals surface area contributed by atoms with Crippen LogP contribution < -0.4 is 16.6 Å². The number of benzene rings is 2. The molecule has 0 aliphatic heterocycles. The zero-order chi connectivity index (χ0) is 27.6. The Morgan fingerprint density at radius 2 is 1.90 bits per heavy atom. The van der Waals surface area contributed by atoms with Crippen molar-refractivity contribution in [2.45, 2.75) is 44.3 Å². The van der Waals surface area contributed by atoms with Gasteiger partial charge in [-0.1, -0.05) is 43.2 Å². The second-order valence-electron chi connectivity index (χ2n) is 9.81. The third kappa shape index (κ3) is 6.12. The van der Waals surface area contributed by atoms with E-state index in [9.17, 15) is 22.8 Å². The molecule has 10 heteroatoms. The normalized spacial score (nSPS) is 14.3. The molecular formula is C29H28F3N5O2. The van der Waals surface area contributed by atoms with Gasteiger partial charge in [-0.05, 0) is 60.2 Å². The summed E-state index contributed by atoms with van der Waals surface area (Å²) in [6, 6.07) is 17.9. The molecule has 39 heavy (non-hydrogen) atoms. The maximum Gasteiger partial charge on any atom is 0.435 e. The van der Waals surface area contributed by atoms with Crippen LogP contribution in [0.4, 0.5) is 18.9 Å². The number of nitrogens with zero attached hydrogens (tertiary/aromatic N) is 2. The molecule has 2 aromatic heterocycles. The van der Waals surface area contributed by atoms with E-state index in [0.29, 0.717) is 22.7 Å². The van der Waals surface area contributed by atoms with Crippen LogP contribution in [0, 0.1) is 5.92 Å². The summed E-state index contributed by atoms with van der Waals surface area (Å²) in [5, 5.41) is 6.41. The number of carbonyl (C=O) groups excluding carboxylic acids is 1. The fraction of sp³-hybridized carbons (Fsp3) is 0.276. The molecule has 0 spiro atoms. The summed E-state index contributed by atoms with van der Waals surface area (Å²) >= 11 is 0. The molecule has 1 unspecified atom stereocenters. The lowest BCUT2D eigenvalue weighted by Gasteiger charge is -2.18. The topological polar surface area (TPSA) is 106 Å². The van der Waals surface area contributed by atoms with Crippen molar-refractivity contribution in [1.82, 2.24) is 14.8 Å². The van der Waals surface area contributed by atoms with Crippen molar-refractivity contribution in [3.63, 3.8) is 0 Å². The number of pyridine rings is 1. The van der Waals surface area contributed by atoms with E-state index in [-0.39, 0.29) is 29.4 Å². The van der Waals surface area contributed by atoms with Crippen LogP contribution in [0.3, 0.4) is 0 Å². The molecule has 0 bridgehead atoms. The van der Waals surface area contributed by atoms with Crippen molar-refractivity contribution in [1.29, 1.82) is 0 Å². The zero-order valence-corrected chi connectivity index (χ0v) is 21.0. The monoisotopic (exact) mass is 535 g/mol. The number of hydrogen-bond acceptors (Lipinski definition) is 4. The minimum Gasteiger partial charge on any atom is -0.329 e. The average molecular weight is 536 g/mol. The molecule has 4 N–H and O–H groups in total. The van der Waals surface area contributed by atoms with Gasteiger partial charge in [0.25, 0.3) is 11.5 Å². The minimum atomic E-state index is -4.73. The molecule has 7 nitrogen and oxygen atoms in total. The molecule has 1 saturated carbocycles. The zero-order valence-electron chi connectivity index (χ0n) is 21.0. The molecule has 2 aromatic carbocycles. The van der Waals surface area contributed by atoms with Gasteiger partial charge in [0.05, 0.1) is 5.69 Å². The van der Waals surface area contributed by atoms with Crippen LogP contribution >= 0.6 is 0 Å². The van der Waals surface area contributed by atoms with Gasteiger partial charge in [0.15, 0.2) is 5.69 Å². The van der Waals surface area contributed by atoms with E-state index in [1.54, 1.807) is 60.8 Å². The Bertz CT molecular complexity index is 1540. The van der Waals surface area contributed by atoms with Gasteiger partial charge in [-0.15, -0.1) is 0 Å². The molecule has 4 aromatic rings. The summed E-state index contributed by atoms with van der Waals surface area (Å²) < 4.78 is 41.6. The number of aromatic amines is 1. The van der Waals surface area contributed by atoms with E-state index in [4.69, 9.17) is 5.73 Å². The van der Waals surface area contributed by atoms with Crippen molar-refractivity contribution < 1.29 is 18.0 Å². The van der Waals surface area contributed by atoms with Gasteiger partial charge in [0.2, 0.25) is 0 Å². The largest absolute Gasteiger partial charge is 0.435 e. The highest BCUT2D eigenvalue weighted by molar-refractivity contribution is 6.03. The van der Waals surface area contributed by atoms with Gasteiger partial charge < -0.3 is 16.0 Å². The molecule has 0 radical (unpaired) electrons. The number of anilines is 1. The second kappa shape index (κ2) is 10.9. The first kappa shape index (κ1) is 26.4. The maximum atomic E-state index is 13.5. The van der Waals surface area contributed by atoms with Gasteiger partial charge in [-0.2, -0.15) is 18.3 Å². The van der Waals surface area contributed by atoms with Crippen molar-refractivity contribution in [3.05, 3.63) is 111 Å². The van der Waals surface area contributed by atoms with Crippen molar-refractivity contribution in [2.75, 3.05) is 5.32 Å². The van der Waals surface area contributed by atoms with Crippen LogP contribution in [0.15, 0.2) is 77.7 Å². The van der Waals surface area contributed by atoms with E-state index in [1.807, 2.05) is 6.07 Å². The number of amides is 1. The predicted molar refractivity (Wildman–Crippen MR) is 142 cm³/mol. The average Bonchev–Trinajstić information content (AvgIpc) is 3.63. The van der Waals surface area contributed by atoms with Gasteiger partial charge in [-0.3, -0.25) is 9.59 Å². The number of halogens is 3. The molecule has 5 rings (SSSR count). The van der Waals surface area contributed by atoms with Gasteiger partial charge in [0.1, 0.15) is 5.69 Å². The minimum absolute atomic E-state index is 0.170. The summed E-state index contributed by atoms with van der Waals surface area (Å²) in [5.74, 6) is -0.270. The van der Waals surface area contributed by atoms with Crippen LogP contribution in [0.25, 0.3) is 5.69 Å². The van der Waals surface area contributed by atoms with Crippen LogP contribution in [0.5, 0.6) is 0 Å². The smallest absolute Gasteiger partial charge is 0.329 e. The highest BCUT2D eigenvalue weighted by atomic mass is 19.4. The Labute approximate surface area is 222 Å². The Morgan fingerprint density at radius 1 is 1.10 bits per heavy atom. The van der Waals surface area contributed by atoms with E-state index in [0.717, 1.165) is 29.2 Å². The van der Waals surface area contributed by atoms with Gasteiger partial charge in [0, 0.05) is 36.0 Å². The van der Waals surface area contributed by atoms with E-state index in [1.165, 1.54) is 12.8 Å². The highest BCUT2D eigenvalue weighted by Gasteiger charge is 2.36. The third-order valence-corrected chi connectivity index (χ3v) is 6.95. The van der Waals surface area contributed by atoms with Crippen LogP contribution in [-0.2, 0) is 12.7 Å². The molecule has 0 saturated heterocycles. The van der Waals surface area contributed by atoms with E-state index >= 15 is 0 Å². The number of nitrogens with one attached hydrogen (secondary N) is 2. The van der Waals surface area contributed by atoms with Crippen molar-refractivity contribution in [2.24, 2.45) is 11.7 Å². The summed E-state index contributed by atoms with van der Waals surface area (Å²) in [4.78, 5) is 28.7. The van der Waals surface area contributed by atoms with E-state index in [2.05, 4.69) is 15.4 Å². The fourth-order valence-corrected chi connectivity index (χ4v) is 4.74. The summed E-state index contributed by atoms with van der Waals surface area (Å²) in [7, 11) is 0. The van der Waals surface area contributed by atoms with Crippen molar-refractivity contribution >= 4 is 11.6 Å². The Morgan fingerprint density at radius 3 is 2.62 bits per heavy atom. The number of aromatic nitrogens is 3. The summed E-state index contributed by atoms with van der Waals surface area (Å²) in [6.45, 7) is 0.182. The lowest BCUT2D eigenvalue weighted by Crippen LogP contribution is -2.18. The molecule has 2 heterocycles. The SMILES string of the molecule is NCc1cccc(-n2nc(C(F)(F)F)cc2C(=O)Nc2cccc(C(CCC3CC3)c3ccc[nH]c3=O)c2)c1. The fourth-order valence-electron chi connectivity index (χ4n) is 4.74. The van der Waals surface area contributed by atoms with Crippen LogP contribution in [0.2, 0.25) is 0 Å².